The number of aromatic nitrogens is 1. The van der Waals surface area contributed by atoms with E-state index in [0.717, 1.165) is 20.9 Å². The second-order valence-electron chi connectivity index (χ2n) is 6.34. The Hall–Kier alpha value is -3.51. The number of carbonyl (C=O) groups is 1. The highest BCUT2D eigenvalue weighted by Crippen LogP contribution is 2.25. The van der Waals surface area contributed by atoms with Crippen molar-refractivity contribution in [3.8, 4) is 17.0 Å². The zero-order chi connectivity index (χ0) is 20.2. The molecule has 5 nitrogen and oxygen atoms in total. The van der Waals surface area contributed by atoms with E-state index in [1.807, 2.05) is 54.6 Å². The summed E-state index contributed by atoms with van der Waals surface area (Å²) < 4.78 is 0.802. The predicted octanol–water partition coefficient (Wildman–Crippen LogP) is 5.13. The van der Waals surface area contributed by atoms with Gasteiger partial charge in [-0.1, -0.05) is 64.5 Å². The lowest BCUT2D eigenvalue weighted by molar-refractivity contribution is 0.0956. The van der Waals surface area contributed by atoms with Crippen LogP contribution < -0.4 is 5.43 Å². The van der Waals surface area contributed by atoms with Gasteiger partial charge in [-0.05, 0) is 30.3 Å². The first-order chi connectivity index (χ1) is 14.1. The van der Waals surface area contributed by atoms with E-state index in [1.165, 1.54) is 6.21 Å². The Morgan fingerprint density at radius 2 is 1.76 bits per heavy atom. The Kier molecular flexibility index (Phi) is 5.35. The lowest BCUT2D eigenvalue weighted by Crippen LogP contribution is -2.18. The van der Waals surface area contributed by atoms with Gasteiger partial charge < -0.3 is 5.11 Å². The zero-order valence-electron chi connectivity index (χ0n) is 15.2. The minimum Gasteiger partial charge on any atom is -0.507 e. The van der Waals surface area contributed by atoms with Gasteiger partial charge in [0.05, 0.1) is 23.0 Å². The van der Waals surface area contributed by atoms with Crippen molar-refractivity contribution in [2.45, 2.75) is 0 Å². The van der Waals surface area contributed by atoms with E-state index in [4.69, 9.17) is 0 Å². The number of nitrogens with zero attached hydrogens (tertiary/aromatic N) is 2. The number of hydrogen-bond acceptors (Lipinski definition) is 4. The van der Waals surface area contributed by atoms with Crippen molar-refractivity contribution in [1.82, 2.24) is 10.4 Å². The fourth-order valence-corrected chi connectivity index (χ4v) is 3.35. The van der Waals surface area contributed by atoms with Crippen LogP contribution in [0.2, 0.25) is 0 Å². The average molecular weight is 446 g/mol. The van der Waals surface area contributed by atoms with Crippen molar-refractivity contribution in [2.24, 2.45) is 5.10 Å². The molecule has 1 amide bonds. The van der Waals surface area contributed by atoms with Crippen LogP contribution in [-0.2, 0) is 0 Å². The molecule has 1 aromatic heterocycles. The number of pyridine rings is 1. The molecule has 0 radical (unpaired) electrons. The van der Waals surface area contributed by atoms with Crippen LogP contribution in [0.4, 0.5) is 0 Å². The van der Waals surface area contributed by atoms with E-state index in [2.05, 4.69) is 31.4 Å². The van der Waals surface area contributed by atoms with Crippen LogP contribution in [0.25, 0.3) is 22.2 Å². The molecule has 4 aromatic rings. The summed E-state index contributed by atoms with van der Waals surface area (Å²) in [6, 6.07) is 23.9. The SMILES string of the molecule is O=C(N/N=C\c1cc(Br)ccc1O)c1cc(-c2ccccc2)nc2ccccc12. The van der Waals surface area contributed by atoms with E-state index >= 15 is 0 Å². The number of phenols is 1. The number of aromatic hydroxyl groups is 1. The summed E-state index contributed by atoms with van der Waals surface area (Å²) in [5, 5.41) is 14.6. The third kappa shape index (κ3) is 4.17. The van der Waals surface area contributed by atoms with Gasteiger partial charge in [0.25, 0.3) is 5.91 Å². The number of halogens is 1. The maximum absolute atomic E-state index is 12.9. The fraction of sp³-hybridized carbons (Fsp3) is 0. The summed E-state index contributed by atoms with van der Waals surface area (Å²) in [4.78, 5) is 17.5. The normalized spacial score (nSPS) is 11.1. The van der Waals surface area contributed by atoms with Crippen LogP contribution >= 0.6 is 15.9 Å². The Morgan fingerprint density at radius 3 is 2.59 bits per heavy atom. The fourth-order valence-electron chi connectivity index (χ4n) is 2.97. The Morgan fingerprint density at radius 1 is 1.00 bits per heavy atom. The first-order valence-electron chi connectivity index (χ1n) is 8.89. The Balaban J connectivity index is 1.68. The number of fused-ring (bicyclic) bond motifs is 1. The minimum atomic E-state index is -0.355. The molecule has 0 spiro atoms. The number of para-hydroxylation sites is 1. The molecule has 1 heterocycles. The number of phenolic OH excluding ortho intramolecular Hbond substituents is 1. The monoisotopic (exact) mass is 445 g/mol. The van der Waals surface area contributed by atoms with Crippen molar-refractivity contribution < 1.29 is 9.90 Å². The first kappa shape index (κ1) is 18.8. The first-order valence-corrected chi connectivity index (χ1v) is 9.68. The zero-order valence-corrected chi connectivity index (χ0v) is 16.8. The second-order valence-corrected chi connectivity index (χ2v) is 7.26. The summed E-state index contributed by atoms with van der Waals surface area (Å²) >= 11 is 3.34. The van der Waals surface area contributed by atoms with Gasteiger partial charge in [-0.15, -0.1) is 0 Å². The molecule has 0 unspecified atom stereocenters. The lowest BCUT2D eigenvalue weighted by Gasteiger charge is -2.09. The number of hydrazone groups is 1. The van der Waals surface area contributed by atoms with Gasteiger partial charge in [-0.25, -0.2) is 10.4 Å². The third-order valence-corrected chi connectivity index (χ3v) is 4.88. The molecule has 0 saturated heterocycles. The molecule has 3 aromatic carbocycles. The molecule has 0 atom stereocenters. The van der Waals surface area contributed by atoms with E-state index in [9.17, 15) is 9.90 Å². The molecule has 6 heteroatoms. The highest BCUT2D eigenvalue weighted by Gasteiger charge is 2.13. The molecule has 0 aliphatic carbocycles. The smallest absolute Gasteiger partial charge is 0.272 e. The van der Waals surface area contributed by atoms with Gasteiger partial charge in [0.1, 0.15) is 5.75 Å². The maximum atomic E-state index is 12.9. The standard InChI is InChI=1S/C23H16BrN3O2/c24-17-10-11-22(28)16(12-17)14-25-27-23(29)19-13-21(15-6-2-1-3-7-15)26-20-9-5-4-8-18(19)20/h1-14,28H,(H,27,29)/b25-14-. The topological polar surface area (TPSA) is 74.6 Å². The van der Waals surface area contributed by atoms with Crippen LogP contribution in [0.1, 0.15) is 15.9 Å². The van der Waals surface area contributed by atoms with E-state index in [1.54, 1.807) is 24.3 Å². The van der Waals surface area contributed by atoms with Gasteiger partial charge >= 0.3 is 0 Å². The van der Waals surface area contributed by atoms with Crippen molar-refractivity contribution >= 4 is 39.0 Å². The highest BCUT2D eigenvalue weighted by atomic mass is 79.9. The molecule has 4 rings (SSSR count). The summed E-state index contributed by atoms with van der Waals surface area (Å²) in [6.07, 6.45) is 1.40. The number of nitrogens with one attached hydrogen (secondary N) is 1. The number of carbonyl (C=O) groups excluding carboxylic acids is 1. The van der Waals surface area contributed by atoms with Crippen LogP contribution in [0, 0.1) is 0 Å². The molecule has 0 fully saturated rings. The largest absolute Gasteiger partial charge is 0.507 e. The Labute approximate surface area is 175 Å². The van der Waals surface area contributed by atoms with Gasteiger partial charge in [-0.2, -0.15) is 5.10 Å². The average Bonchev–Trinajstić information content (AvgIpc) is 2.76. The molecule has 142 valence electrons. The molecule has 0 aliphatic rings. The molecular weight excluding hydrogens is 430 g/mol. The Bertz CT molecular complexity index is 1220. The van der Waals surface area contributed by atoms with Crippen molar-refractivity contribution in [3.05, 3.63) is 94.5 Å². The van der Waals surface area contributed by atoms with Gasteiger partial charge in [-0.3, -0.25) is 4.79 Å². The van der Waals surface area contributed by atoms with Gasteiger partial charge in [0.15, 0.2) is 0 Å². The van der Waals surface area contributed by atoms with E-state index < -0.39 is 0 Å². The third-order valence-electron chi connectivity index (χ3n) is 4.39. The molecule has 0 bridgehead atoms. The maximum Gasteiger partial charge on any atom is 0.272 e. The molecule has 0 aliphatic heterocycles. The number of amides is 1. The highest BCUT2D eigenvalue weighted by molar-refractivity contribution is 9.10. The number of rotatable bonds is 4. The quantitative estimate of drug-likeness (QED) is 0.337. The van der Waals surface area contributed by atoms with E-state index in [-0.39, 0.29) is 11.7 Å². The van der Waals surface area contributed by atoms with Crippen molar-refractivity contribution in [1.29, 1.82) is 0 Å². The summed E-state index contributed by atoms with van der Waals surface area (Å²) in [5.74, 6) is -0.279. The predicted molar refractivity (Wildman–Crippen MR) is 118 cm³/mol. The van der Waals surface area contributed by atoms with Crippen LogP contribution in [0.5, 0.6) is 5.75 Å². The summed E-state index contributed by atoms with van der Waals surface area (Å²) in [7, 11) is 0. The van der Waals surface area contributed by atoms with E-state index in [0.29, 0.717) is 16.8 Å². The lowest BCUT2D eigenvalue weighted by atomic mass is 10.0. The number of benzene rings is 3. The number of hydrogen-bond donors (Lipinski definition) is 2. The molecular formula is C23H16BrN3O2. The van der Waals surface area contributed by atoms with Crippen molar-refractivity contribution in [2.75, 3.05) is 0 Å². The van der Waals surface area contributed by atoms with Crippen LogP contribution in [0.15, 0.2) is 88.4 Å². The minimum absolute atomic E-state index is 0.0759. The summed E-state index contributed by atoms with van der Waals surface area (Å²) in [5.41, 5.74) is 5.87. The summed E-state index contributed by atoms with van der Waals surface area (Å²) in [6.45, 7) is 0. The molecule has 0 saturated carbocycles. The van der Waals surface area contributed by atoms with Gasteiger partial charge in [0.2, 0.25) is 0 Å². The van der Waals surface area contributed by atoms with Crippen LogP contribution in [0.3, 0.4) is 0 Å². The van der Waals surface area contributed by atoms with Crippen LogP contribution in [-0.4, -0.2) is 22.2 Å². The second kappa shape index (κ2) is 8.24. The molecule has 2 N–H and O–H groups in total. The van der Waals surface area contributed by atoms with Crippen molar-refractivity contribution in [3.63, 3.8) is 0 Å². The molecule has 29 heavy (non-hydrogen) atoms. The van der Waals surface area contributed by atoms with Gasteiger partial charge in [0, 0.05) is 21.0 Å².